The maximum atomic E-state index is 5.83. The van der Waals surface area contributed by atoms with Crippen LogP contribution in [0, 0.1) is 6.92 Å². The fraction of sp³-hybridized carbons (Fsp3) is 0.294. The third-order valence-electron chi connectivity index (χ3n) is 3.06. The van der Waals surface area contributed by atoms with Gasteiger partial charge in [-0.3, -0.25) is 0 Å². The highest BCUT2D eigenvalue weighted by Gasteiger charge is 2.21. The van der Waals surface area contributed by atoms with Gasteiger partial charge in [-0.1, -0.05) is 54.1 Å². The van der Waals surface area contributed by atoms with Crippen molar-refractivity contribution >= 4 is 14.5 Å². The Morgan fingerprint density at radius 1 is 0.850 bits per heavy atom. The van der Waals surface area contributed by atoms with Crippen LogP contribution in [-0.2, 0) is 8.85 Å². The number of aryl methyl sites for hydroxylation is 1. The van der Waals surface area contributed by atoms with Crippen LogP contribution in [-0.4, -0.2) is 22.5 Å². The second-order valence-electron chi connectivity index (χ2n) is 4.57. The molecule has 2 aromatic carbocycles. The van der Waals surface area contributed by atoms with Crippen molar-refractivity contribution in [2.24, 2.45) is 0 Å². The van der Waals surface area contributed by atoms with E-state index in [1.807, 2.05) is 13.8 Å². The Hall–Kier alpha value is -1.42. The Morgan fingerprint density at radius 3 is 2.05 bits per heavy atom. The van der Waals surface area contributed by atoms with Gasteiger partial charge in [0.05, 0.1) is 0 Å². The molecule has 0 spiro atoms. The molecule has 0 unspecified atom stereocenters. The molecule has 0 amide bonds. The zero-order valence-electron chi connectivity index (χ0n) is 12.3. The molecule has 0 aliphatic rings. The number of hydrogen-bond donors (Lipinski definition) is 0. The first-order valence-corrected chi connectivity index (χ1v) is 8.37. The van der Waals surface area contributed by atoms with E-state index < -0.39 is 9.28 Å². The average Bonchev–Trinajstić information content (AvgIpc) is 2.48. The van der Waals surface area contributed by atoms with Crippen LogP contribution in [0.2, 0.25) is 0 Å². The summed E-state index contributed by atoms with van der Waals surface area (Å²) in [6.45, 7) is 7.48. The van der Waals surface area contributed by atoms with E-state index >= 15 is 0 Å². The summed E-state index contributed by atoms with van der Waals surface area (Å²) in [4.78, 5) is 0. The molecule has 0 saturated heterocycles. The predicted octanol–water partition coefficient (Wildman–Crippen LogP) is 3.43. The molecule has 1 radical (unpaired) electrons. The minimum atomic E-state index is -1.41. The van der Waals surface area contributed by atoms with Crippen molar-refractivity contribution in [3.63, 3.8) is 0 Å². The molecule has 0 atom stereocenters. The zero-order valence-corrected chi connectivity index (χ0v) is 13.3. The molecule has 0 aromatic heterocycles. The summed E-state index contributed by atoms with van der Waals surface area (Å²) in [6.07, 6.45) is 0. The van der Waals surface area contributed by atoms with E-state index in [9.17, 15) is 0 Å². The Morgan fingerprint density at radius 2 is 1.45 bits per heavy atom. The van der Waals surface area contributed by atoms with Crippen molar-refractivity contribution in [3.8, 4) is 11.1 Å². The van der Waals surface area contributed by atoms with Crippen molar-refractivity contribution in [3.05, 3.63) is 54.1 Å². The van der Waals surface area contributed by atoms with Crippen LogP contribution >= 0.6 is 0 Å². The Bertz CT molecular complexity index is 531. The first-order chi connectivity index (χ1) is 9.76. The largest absolute Gasteiger partial charge is 0.424 e. The third kappa shape index (κ3) is 3.57. The van der Waals surface area contributed by atoms with E-state index in [2.05, 4.69) is 55.5 Å². The fourth-order valence-electron chi connectivity index (χ4n) is 2.11. The van der Waals surface area contributed by atoms with Gasteiger partial charge in [-0.05, 0) is 31.9 Å². The average molecular weight is 285 g/mol. The lowest BCUT2D eigenvalue weighted by Crippen LogP contribution is -2.38. The SMILES string of the molecule is CCO[Si](OCC)c1ccccc1-c1ccc(C)cc1. The van der Waals surface area contributed by atoms with Gasteiger partial charge in [0.2, 0.25) is 0 Å². The number of rotatable bonds is 6. The maximum absolute atomic E-state index is 5.83. The Balaban J connectivity index is 2.40. The molecule has 0 heterocycles. The molecule has 0 aliphatic carbocycles. The zero-order chi connectivity index (χ0) is 14.4. The lowest BCUT2D eigenvalue weighted by Gasteiger charge is -2.17. The molecule has 2 aromatic rings. The molecule has 0 N–H and O–H groups in total. The topological polar surface area (TPSA) is 18.5 Å². The van der Waals surface area contributed by atoms with E-state index in [0.29, 0.717) is 13.2 Å². The smallest absolute Gasteiger partial charge is 0.390 e. The van der Waals surface area contributed by atoms with Gasteiger partial charge < -0.3 is 8.85 Å². The van der Waals surface area contributed by atoms with Crippen LogP contribution in [0.3, 0.4) is 0 Å². The predicted molar refractivity (Wildman–Crippen MR) is 85.3 cm³/mol. The number of hydrogen-bond acceptors (Lipinski definition) is 2. The standard InChI is InChI=1S/C17H21O2Si/c1-4-18-20(19-5-2)17-9-7-6-8-16(17)15-12-10-14(3)11-13-15/h6-13H,4-5H2,1-3H3. The van der Waals surface area contributed by atoms with Gasteiger partial charge in [0, 0.05) is 18.4 Å². The highest BCUT2D eigenvalue weighted by Crippen LogP contribution is 2.18. The highest BCUT2D eigenvalue weighted by molar-refractivity contribution is 6.63. The summed E-state index contributed by atoms with van der Waals surface area (Å²) in [5.41, 5.74) is 3.70. The molecule has 105 valence electrons. The molecule has 20 heavy (non-hydrogen) atoms. The summed E-state index contributed by atoms with van der Waals surface area (Å²) >= 11 is 0. The summed E-state index contributed by atoms with van der Waals surface area (Å²) in [5.74, 6) is 0. The fourth-order valence-corrected chi connectivity index (χ4v) is 3.70. The summed E-state index contributed by atoms with van der Waals surface area (Å²) in [5, 5.41) is 1.19. The van der Waals surface area contributed by atoms with Crippen LogP contribution in [0.1, 0.15) is 19.4 Å². The summed E-state index contributed by atoms with van der Waals surface area (Å²) in [7, 11) is -1.41. The van der Waals surface area contributed by atoms with E-state index in [1.165, 1.54) is 21.9 Å². The highest BCUT2D eigenvalue weighted by atomic mass is 28.3. The molecule has 0 fully saturated rings. The third-order valence-corrected chi connectivity index (χ3v) is 5.04. The second kappa shape index (κ2) is 7.38. The summed E-state index contributed by atoms with van der Waals surface area (Å²) in [6, 6.07) is 17.0. The molecule has 3 heteroatoms. The van der Waals surface area contributed by atoms with Gasteiger partial charge in [-0.15, -0.1) is 0 Å². The van der Waals surface area contributed by atoms with E-state index in [1.54, 1.807) is 0 Å². The molecule has 0 bridgehead atoms. The molecule has 2 nitrogen and oxygen atoms in total. The van der Waals surface area contributed by atoms with Gasteiger partial charge in [0.25, 0.3) is 0 Å². The van der Waals surface area contributed by atoms with Crippen molar-refractivity contribution in [1.82, 2.24) is 0 Å². The summed E-state index contributed by atoms with van der Waals surface area (Å²) < 4.78 is 11.7. The lowest BCUT2D eigenvalue weighted by atomic mass is 10.0. The maximum Gasteiger partial charge on any atom is 0.424 e. The van der Waals surface area contributed by atoms with E-state index in [-0.39, 0.29) is 0 Å². The minimum Gasteiger partial charge on any atom is -0.390 e. The van der Waals surface area contributed by atoms with Crippen molar-refractivity contribution in [2.75, 3.05) is 13.2 Å². The van der Waals surface area contributed by atoms with Crippen LogP contribution < -0.4 is 5.19 Å². The Labute approximate surface area is 123 Å². The molecular weight excluding hydrogens is 264 g/mol. The normalized spacial score (nSPS) is 11.0. The monoisotopic (exact) mass is 285 g/mol. The van der Waals surface area contributed by atoms with Gasteiger partial charge in [0.15, 0.2) is 0 Å². The molecule has 2 rings (SSSR count). The molecular formula is C17H21O2Si. The first kappa shape index (κ1) is 15.0. The van der Waals surface area contributed by atoms with Gasteiger partial charge in [-0.25, -0.2) is 0 Å². The minimum absolute atomic E-state index is 0.677. The van der Waals surface area contributed by atoms with Gasteiger partial charge in [0.1, 0.15) is 0 Å². The first-order valence-electron chi connectivity index (χ1n) is 7.05. The Kier molecular flexibility index (Phi) is 5.53. The van der Waals surface area contributed by atoms with Crippen molar-refractivity contribution in [1.29, 1.82) is 0 Å². The second-order valence-corrected chi connectivity index (χ2v) is 6.26. The van der Waals surface area contributed by atoms with Gasteiger partial charge >= 0.3 is 9.28 Å². The van der Waals surface area contributed by atoms with Crippen LogP contribution in [0.5, 0.6) is 0 Å². The van der Waals surface area contributed by atoms with Crippen LogP contribution in [0.4, 0.5) is 0 Å². The van der Waals surface area contributed by atoms with Gasteiger partial charge in [-0.2, -0.15) is 0 Å². The molecule has 0 aliphatic heterocycles. The lowest BCUT2D eigenvalue weighted by molar-refractivity contribution is 0.225. The van der Waals surface area contributed by atoms with Crippen LogP contribution in [0.25, 0.3) is 11.1 Å². The van der Waals surface area contributed by atoms with Crippen molar-refractivity contribution in [2.45, 2.75) is 20.8 Å². The van der Waals surface area contributed by atoms with Crippen LogP contribution in [0.15, 0.2) is 48.5 Å². The number of benzene rings is 2. The quantitative estimate of drug-likeness (QED) is 0.757. The van der Waals surface area contributed by atoms with E-state index in [4.69, 9.17) is 8.85 Å². The molecule has 0 saturated carbocycles. The van der Waals surface area contributed by atoms with Crippen molar-refractivity contribution < 1.29 is 8.85 Å². The van der Waals surface area contributed by atoms with E-state index in [0.717, 1.165) is 0 Å².